The molecule has 18 heavy (non-hydrogen) atoms. The van der Waals surface area contributed by atoms with Gasteiger partial charge in [-0.05, 0) is 11.4 Å². The molecule has 6 heteroatoms. The molecule has 1 aromatic rings. The molecule has 1 aromatic heterocycles. The standard InChI is InChI=1S/C12H15ClN2O2S/c13-3-1-11(16)14-4-6-15(7-5-14)12(17)10-2-8-18-9-10/h2,8-9H,1,3-7H2. The van der Waals surface area contributed by atoms with Crippen molar-refractivity contribution in [2.75, 3.05) is 32.1 Å². The number of nitrogens with zero attached hydrogens (tertiary/aromatic N) is 2. The molecule has 0 radical (unpaired) electrons. The summed E-state index contributed by atoms with van der Waals surface area (Å²) < 4.78 is 0. The summed E-state index contributed by atoms with van der Waals surface area (Å²) in [4.78, 5) is 27.3. The van der Waals surface area contributed by atoms with Gasteiger partial charge in [0.25, 0.3) is 5.91 Å². The Kier molecular flexibility index (Phi) is 4.60. The number of hydrogen-bond acceptors (Lipinski definition) is 3. The van der Waals surface area contributed by atoms with Crippen LogP contribution < -0.4 is 0 Å². The van der Waals surface area contributed by atoms with Crippen LogP contribution in [0.4, 0.5) is 0 Å². The van der Waals surface area contributed by atoms with Crippen molar-refractivity contribution in [1.82, 2.24) is 9.80 Å². The first-order valence-corrected chi connectivity index (χ1v) is 7.35. The predicted octanol–water partition coefficient (Wildman–Crippen LogP) is 1.66. The molecule has 0 saturated carbocycles. The monoisotopic (exact) mass is 286 g/mol. The van der Waals surface area contributed by atoms with E-state index in [0.29, 0.717) is 38.5 Å². The second-order valence-electron chi connectivity index (χ2n) is 4.12. The SMILES string of the molecule is O=C(CCCl)N1CCN(C(=O)c2ccsc2)CC1. The Morgan fingerprint density at radius 2 is 1.89 bits per heavy atom. The zero-order chi connectivity index (χ0) is 13.0. The van der Waals surface area contributed by atoms with Gasteiger partial charge in [0.2, 0.25) is 5.91 Å². The smallest absolute Gasteiger partial charge is 0.254 e. The van der Waals surface area contributed by atoms with E-state index in [2.05, 4.69) is 0 Å². The highest BCUT2D eigenvalue weighted by Gasteiger charge is 2.24. The van der Waals surface area contributed by atoms with Crippen molar-refractivity contribution >= 4 is 34.8 Å². The molecule has 1 aliphatic rings. The maximum atomic E-state index is 12.1. The van der Waals surface area contributed by atoms with E-state index >= 15 is 0 Å². The molecule has 1 saturated heterocycles. The number of rotatable bonds is 3. The van der Waals surface area contributed by atoms with Crippen LogP contribution in [0.15, 0.2) is 16.8 Å². The number of hydrogen-bond donors (Lipinski definition) is 0. The van der Waals surface area contributed by atoms with Crippen molar-refractivity contribution in [3.8, 4) is 0 Å². The zero-order valence-electron chi connectivity index (χ0n) is 9.97. The molecule has 1 fully saturated rings. The molecule has 1 aliphatic heterocycles. The number of amides is 2. The summed E-state index contributed by atoms with van der Waals surface area (Å²) >= 11 is 7.07. The zero-order valence-corrected chi connectivity index (χ0v) is 11.5. The normalized spacial score (nSPS) is 15.8. The molecule has 0 aliphatic carbocycles. The molecule has 0 spiro atoms. The van der Waals surface area contributed by atoms with Gasteiger partial charge < -0.3 is 9.80 Å². The average molecular weight is 287 g/mol. The number of carbonyl (C=O) groups is 2. The number of thiophene rings is 1. The van der Waals surface area contributed by atoms with Gasteiger partial charge in [-0.15, -0.1) is 11.6 Å². The van der Waals surface area contributed by atoms with Crippen LogP contribution in [0.1, 0.15) is 16.8 Å². The van der Waals surface area contributed by atoms with Gasteiger partial charge in [0.1, 0.15) is 0 Å². The first-order valence-electron chi connectivity index (χ1n) is 5.87. The van der Waals surface area contributed by atoms with Gasteiger partial charge in [-0.3, -0.25) is 9.59 Å². The molecule has 0 unspecified atom stereocenters. The second-order valence-corrected chi connectivity index (χ2v) is 5.28. The third-order valence-corrected chi connectivity index (χ3v) is 3.87. The predicted molar refractivity (Wildman–Crippen MR) is 72.1 cm³/mol. The summed E-state index contributed by atoms with van der Waals surface area (Å²) in [6.45, 7) is 2.41. The van der Waals surface area contributed by atoms with Crippen LogP contribution in [0.25, 0.3) is 0 Å². The van der Waals surface area contributed by atoms with Crippen LogP contribution in [-0.4, -0.2) is 53.7 Å². The molecule has 0 aromatic carbocycles. The molecular formula is C12H15ClN2O2S. The lowest BCUT2D eigenvalue weighted by atomic mass is 10.2. The summed E-state index contributed by atoms with van der Waals surface area (Å²) in [7, 11) is 0. The molecule has 4 nitrogen and oxygen atoms in total. The molecule has 2 amide bonds. The molecule has 98 valence electrons. The van der Waals surface area contributed by atoms with E-state index in [1.807, 2.05) is 16.8 Å². The van der Waals surface area contributed by atoms with Gasteiger partial charge in [-0.1, -0.05) is 0 Å². The molecule has 2 heterocycles. The van der Waals surface area contributed by atoms with E-state index in [9.17, 15) is 9.59 Å². The van der Waals surface area contributed by atoms with Crippen molar-refractivity contribution in [3.05, 3.63) is 22.4 Å². The summed E-state index contributed by atoms with van der Waals surface area (Å²) in [6.07, 6.45) is 0.375. The third-order valence-electron chi connectivity index (χ3n) is 3.00. The molecular weight excluding hydrogens is 272 g/mol. The number of piperazine rings is 1. The van der Waals surface area contributed by atoms with Gasteiger partial charge in [0, 0.05) is 43.9 Å². The first kappa shape index (κ1) is 13.4. The van der Waals surface area contributed by atoms with Crippen molar-refractivity contribution in [2.45, 2.75) is 6.42 Å². The van der Waals surface area contributed by atoms with Crippen LogP contribution in [0.3, 0.4) is 0 Å². The molecule has 0 atom stereocenters. The summed E-state index contributed by atoms with van der Waals surface area (Å²) in [5.74, 6) is 0.487. The van der Waals surface area contributed by atoms with Gasteiger partial charge in [0.15, 0.2) is 0 Å². The van der Waals surface area contributed by atoms with Crippen LogP contribution in [0.2, 0.25) is 0 Å². The lowest BCUT2D eigenvalue weighted by molar-refractivity contribution is -0.132. The third kappa shape index (κ3) is 3.03. The van der Waals surface area contributed by atoms with Crippen LogP contribution in [0.5, 0.6) is 0 Å². The lowest BCUT2D eigenvalue weighted by Gasteiger charge is -2.34. The Hall–Kier alpha value is -1.07. The fraction of sp³-hybridized carbons (Fsp3) is 0.500. The average Bonchev–Trinajstić information content (AvgIpc) is 2.92. The minimum atomic E-state index is 0.0562. The van der Waals surface area contributed by atoms with E-state index < -0.39 is 0 Å². The van der Waals surface area contributed by atoms with Crippen LogP contribution >= 0.6 is 22.9 Å². The van der Waals surface area contributed by atoms with Gasteiger partial charge >= 0.3 is 0 Å². The van der Waals surface area contributed by atoms with E-state index in [1.54, 1.807) is 9.80 Å². The quantitative estimate of drug-likeness (QED) is 0.793. The van der Waals surface area contributed by atoms with Crippen molar-refractivity contribution in [3.63, 3.8) is 0 Å². The molecule has 0 bridgehead atoms. The highest BCUT2D eigenvalue weighted by molar-refractivity contribution is 7.08. The van der Waals surface area contributed by atoms with Crippen molar-refractivity contribution in [1.29, 1.82) is 0 Å². The highest BCUT2D eigenvalue weighted by Crippen LogP contribution is 2.12. The van der Waals surface area contributed by atoms with Gasteiger partial charge in [-0.2, -0.15) is 11.3 Å². The number of alkyl halides is 1. The fourth-order valence-electron chi connectivity index (χ4n) is 1.97. The maximum absolute atomic E-state index is 12.1. The van der Waals surface area contributed by atoms with E-state index in [-0.39, 0.29) is 11.8 Å². The minimum Gasteiger partial charge on any atom is -0.339 e. The highest BCUT2D eigenvalue weighted by atomic mass is 35.5. The topological polar surface area (TPSA) is 40.6 Å². The number of halogens is 1. The van der Waals surface area contributed by atoms with Gasteiger partial charge in [0.05, 0.1) is 5.56 Å². The van der Waals surface area contributed by atoms with Crippen LogP contribution in [0, 0.1) is 0 Å². The summed E-state index contributed by atoms with van der Waals surface area (Å²) in [6, 6.07) is 1.83. The Morgan fingerprint density at radius 3 is 2.44 bits per heavy atom. The van der Waals surface area contributed by atoms with Crippen molar-refractivity contribution in [2.24, 2.45) is 0 Å². The van der Waals surface area contributed by atoms with E-state index in [4.69, 9.17) is 11.6 Å². The van der Waals surface area contributed by atoms with Crippen LogP contribution in [-0.2, 0) is 4.79 Å². The lowest BCUT2D eigenvalue weighted by Crippen LogP contribution is -2.50. The van der Waals surface area contributed by atoms with E-state index in [1.165, 1.54) is 11.3 Å². The van der Waals surface area contributed by atoms with E-state index in [0.717, 1.165) is 5.56 Å². The Bertz CT molecular complexity index is 414. The molecule has 0 N–H and O–H groups in total. The maximum Gasteiger partial charge on any atom is 0.254 e. The molecule has 2 rings (SSSR count). The Morgan fingerprint density at radius 1 is 1.22 bits per heavy atom. The summed E-state index contributed by atoms with van der Waals surface area (Å²) in [5, 5.41) is 3.75. The fourth-order valence-corrected chi connectivity index (χ4v) is 2.76. The van der Waals surface area contributed by atoms with Crippen molar-refractivity contribution < 1.29 is 9.59 Å². The minimum absolute atomic E-state index is 0.0562. The summed E-state index contributed by atoms with van der Waals surface area (Å²) in [5.41, 5.74) is 0.737. The Balaban J connectivity index is 1.87. The number of carbonyl (C=O) groups excluding carboxylic acids is 2. The second kappa shape index (κ2) is 6.20. The largest absolute Gasteiger partial charge is 0.339 e. The van der Waals surface area contributed by atoms with Gasteiger partial charge in [-0.25, -0.2) is 0 Å². The Labute approximate surface area is 115 Å². The first-order chi connectivity index (χ1) is 8.72.